The normalized spacial score (nSPS) is 60.2. The highest BCUT2D eigenvalue weighted by Crippen LogP contribution is 2.66. The quantitative estimate of drug-likeness (QED) is 0.590. The second-order valence-corrected chi connectivity index (χ2v) is 5.48. The lowest BCUT2D eigenvalue weighted by atomic mass is 9.67. The van der Waals surface area contributed by atoms with Crippen molar-refractivity contribution in [2.24, 2.45) is 17.3 Å². The molecule has 0 unspecified atom stereocenters. The van der Waals surface area contributed by atoms with E-state index in [9.17, 15) is 9.90 Å². The average Bonchev–Trinajstić information content (AvgIpc) is 2.33. The van der Waals surface area contributed by atoms with Crippen LogP contribution in [0.2, 0.25) is 0 Å². The molecule has 0 aromatic rings. The summed E-state index contributed by atoms with van der Waals surface area (Å²) in [6.07, 6.45) is 2.31. The van der Waals surface area contributed by atoms with E-state index < -0.39 is 5.60 Å². The van der Waals surface area contributed by atoms with Gasteiger partial charge in [-0.25, -0.2) is 0 Å². The molecule has 3 aliphatic rings. The lowest BCUT2D eigenvalue weighted by Gasteiger charge is -2.45. The number of aliphatic hydroxyl groups is 1. The van der Waals surface area contributed by atoms with Crippen LogP contribution < -0.4 is 0 Å². The highest BCUT2D eigenvalue weighted by Gasteiger charge is 2.71. The van der Waals surface area contributed by atoms with Crippen molar-refractivity contribution >= 4 is 5.97 Å². The lowest BCUT2D eigenvalue weighted by Crippen LogP contribution is -2.51. The summed E-state index contributed by atoms with van der Waals surface area (Å²) < 4.78 is 5.35. The summed E-state index contributed by atoms with van der Waals surface area (Å²) in [5, 5.41) is 10.5. The largest absolute Gasteiger partial charge is 0.462 e. The first kappa shape index (κ1) is 8.72. The Labute approximate surface area is 83.4 Å². The number of rotatable bonds is 0. The van der Waals surface area contributed by atoms with Crippen LogP contribution >= 0.6 is 0 Å². The molecule has 1 aliphatic heterocycles. The number of fused-ring (bicyclic) bond motifs is 1. The average molecular weight is 196 g/mol. The van der Waals surface area contributed by atoms with Gasteiger partial charge in [-0.3, -0.25) is 4.79 Å². The van der Waals surface area contributed by atoms with Crippen molar-refractivity contribution in [1.29, 1.82) is 0 Å². The molecule has 1 heterocycles. The Kier molecular flexibility index (Phi) is 1.34. The van der Waals surface area contributed by atoms with E-state index in [2.05, 4.69) is 6.92 Å². The minimum atomic E-state index is -0.636. The molecule has 3 nitrogen and oxygen atoms in total. The zero-order chi connectivity index (χ0) is 10.1. The number of esters is 1. The zero-order valence-corrected chi connectivity index (χ0v) is 8.62. The van der Waals surface area contributed by atoms with Crippen molar-refractivity contribution in [2.45, 2.75) is 44.8 Å². The third-order valence-corrected chi connectivity index (χ3v) is 5.16. The second-order valence-electron chi connectivity index (χ2n) is 5.48. The predicted octanol–water partition coefficient (Wildman–Crippen LogP) is 1.10. The van der Waals surface area contributed by atoms with Gasteiger partial charge in [0, 0.05) is 11.8 Å². The molecule has 0 amide bonds. The monoisotopic (exact) mass is 196 g/mol. The molecule has 1 saturated heterocycles. The Morgan fingerprint density at radius 2 is 2.07 bits per heavy atom. The molecule has 14 heavy (non-hydrogen) atoms. The molecule has 0 aromatic heterocycles. The Balaban J connectivity index is 2.07. The van der Waals surface area contributed by atoms with Crippen LogP contribution in [0.1, 0.15) is 33.1 Å². The van der Waals surface area contributed by atoms with Gasteiger partial charge in [0.05, 0.1) is 5.60 Å². The maximum absolute atomic E-state index is 11.3. The first-order chi connectivity index (χ1) is 6.46. The van der Waals surface area contributed by atoms with Crippen molar-refractivity contribution in [3.63, 3.8) is 0 Å². The summed E-state index contributed by atoms with van der Waals surface area (Å²) in [5.41, 5.74) is -0.825. The van der Waals surface area contributed by atoms with E-state index in [1.165, 1.54) is 0 Å². The first-order valence-electron chi connectivity index (χ1n) is 5.38. The molecule has 3 heteroatoms. The molecule has 2 saturated carbocycles. The van der Waals surface area contributed by atoms with Crippen LogP contribution in [0.4, 0.5) is 0 Å². The van der Waals surface area contributed by atoms with Gasteiger partial charge in [-0.2, -0.15) is 0 Å². The van der Waals surface area contributed by atoms with Gasteiger partial charge in [0.2, 0.25) is 0 Å². The number of carbonyl (C=O) groups is 1. The van der Waals surface area contributed by atoms with Crippen molar-refractivity contribution in [3.05, 3.63) is 0 Å². The Hall–Kier alpha value is -0.570. The topological polar surface area (TPSA) is 46.5 Å². The molecule has 0 aromatic carbocycles. The maximum atomic E-state index is 11.3. The van der Waals surface area contributed by atoms with Gasteiger partial charge in [-0.15, -0.1) is 0 Å². The van der Waals surface area contributed by atoms with E-state index >= 15 is 0 Å². The molecular weight excluding hydrogens is 180 g/mol. The van der Waals surface area contributed by atoms with E-state index in [0.717, 1.165) is 12.8 Å². The summed E-state index contributed by atoms with van der Waals surface area (Å²) in [6.45, 7) is 4.00. The standard InChI is InChI=1S/C11H16O3/c1-10-6-3-7(11(10,2)13)4-8(10)14-9(12)5-6/h6-8,13H,3-5H2,1-2H3/t6-,7-,8-,10-,11+/m0/s1. The van der Waals surface area contributed by atoms with Gasteiger partial charge in [0.1, 0.15) is 6.10 Å². The first-order valence-corrected chi connectivity index (χ1v) is 5.38. The van der Waals surface area contributed by atoms with Gasteiger partial charge in [0.15, 0.2) is 0 Å². The minimum Gasteiger partial charge on any atom is -0.462 e. The fraction of sp³-hybridized carbons (Fsp3) is 0.909. The lowest BCUT2D eigenvalue weighted by molar-refractivity contribution is -0.181. The van der Waals surface area contributed by atoms with Crippen molar-refractivity contribution in [3.8, 4) is 0 Å². The predicted molar refractivity (Wildman–Crippen MR) is 49.4 cm³/mol. The third kappa shape index (κ3) is 0.691. The molecule has 2 bridgehead atoms. The second kappa shape index (κ2) is 2.16. The number of carbonyl (C=O) groups excluding carboxylic acids is 1. The SMILES string of the molecule is C[C@]12[C@@H]3CC(=O)O[C@H]1C[C@H](C3)[C@@]2(C)O. The smallest absolute Gasteiger partial charge is 0.306 e. The highest BCUT2D eigenvalue weighted by atomic mass is 16.5. The molecule has 5 atom stereocenters. The van der Waals surface area contributed by atoms with Crippen molar-refractivity contribution < 1.29 is 14.6 Å². The zero-order valence-electron chi connectivity index (χ0n) is 8.62. The summed E-state index contributed by atoms with van der Waals surface area (Å²) in [5.74, 6) is 0.590. The molecule has 3 fully saturated rings. The van der Waals surface area contributed by atoms with Crippen molar-refractivity contribution in [1.82, 2.24) is 0 Å². The van der Waals surface area contributed by atoms with Crippen LogP contribution in [-0.2, 0) is 9.53 Å². The molecule has 0 radical (unpaired) electrons. The minimum absolute atomic E-state index is 0.0394. The number of hydrogen-bond donors (Lipinski definition) is 1. The summed E-state index contributed by atoms with van der Waals surface area (Å²) in [6, 6.07) is 0. The molecule has 2 aliphatic carbocycles. The van der Waals surface area contributed by atoms with E-state index in [0.29, 0.717) is 18.3 Å². The Morgan fingerprint density at radius 3 is 2.64 bits per heavy atom. The summed E-state index contributed by atoms with van der Waals surface area (Å²) in [7, 11) is 0. The molecular formula is C11H16O3. The van der Waals surface area contributed by atoms with Crippen LogP contribution in [0.25, 0.3) is 0 Å². The number of ether oxygens (including phenoxy) is 1. The Bertz CT molecular complexity index is 290. The van der Waals surface area contributed by atoms with Gasteiger partial charge in [0.25, 0.3) is 0 Å². The molecule has 1 N–H and O–H groups in total. The van der Waals surface area contributed by atoms with Gasteiger partial charge >= 0.3 is 5.97 Å². The van der Waals surface area contributed by atoms with Gasteiger partial charge in [-0.1, -0.05) is 6.92 Å². The summed E-state index contributed by atoms with van der Waals surface area (Å²) >= 11 is 0. The van der Waals surface area contributed by atoms with E-state index in [1.807, 2.05) is 6.92 Å². The Morgan fingerprint density at radius 1 is 1.36 bits per heavy atom. The molecule has 78 valence electrons. The fourth-order valence-corrected chi connectivity index (χ4v) is 3.96. The van der Waals surface area contributed by atoms with Gasteiger partial charge in [-0.05, 0) is 31.6 Å². The maximum Gasteiger partial charge on any atom is 0.306 e. The highest BCUT2D eigenvalue weighted by molar-refractivity contribution is 5.71. The van der Waals surface area contributed by atoms with Crippen LogP contribution in [0.15, 0.2) is 0 Å². The number of hydrogen-bond acceptors (Lipinski definition) is 3. The van der Waals surface area contributed by atoms with Gasteiger partial charge < -0.3 is 9.84 Å². The third-order valence-electron chi connectivity index (χ3n) is 5.16. The van der Waals surface area contributed by atoms with Crippen LogP contribution in [0.5, 0.6) is 0 Å². The van der Waals surface area contributed by atoms with E-state index in [1.54, 1.807) is 0 Å². The van der Waals surface area contributed by atoms with Crippen LogP contribution in [0, 0.1) is 17.3 Å². The fourth-order valence-electron chi connectivity index (χ4n) is 3.96. The van der Waals surface area contributed by atoms with Crippen LogP contribution in [-0.4, -0.2) is 22.8 Å². The molecule has 0 spiro atoms. The van der Waals surface area contributed by atoms with E-state index in [-0.39, 0.29) is 17.5 Å². The molecule has 3 rings (SSSR count). The van der Waals surface area contributed by atoms with Crippen molar-refractivity contribution in [2.75, 3.05) is 0 Å². The van der Waals surface area contributed by atoms with Crippen LogP contribution in [0.3, 0.4) is 0 Å². The summed E-state index contributed by atoms with van der Waals surface area (Å²) in [4.78, 5) is 11.3. The van der Waals surface area contributed by atoms with E-state index in [4.69, 9.17) is 4.74 Å².